The van der Waals surface area contributed by atoms with Crippen molar-refractivity contribution in [2.24, 2.45) is 38.7 Å². The molecule has 1 saturated carbocycles. The van der Waals surface area contributed by atoms with Crippen molar-refractivity contribution in [3.8, 4) is 0 Å². The van der Waals surface area contributed by atoms with Gasteiger partial charge in [0, 0.05) is 24.9 Å². The van der Waals surface area contributed by atoms with E-state index in [9.17, 15) is 28.8 Å². The molecule has 0 aromatic heterocycles. The summed E-state index contributed by atoms with van der Waals surface area (Å²) < 4.78 is 0. The quantitative estimate of drug-likeness (QED) is 0.0184. The SMILES string of the molecule is C[C@H](NC(=O)[C@H](CCCN=C(N)N)NC(=O)[C@@H](N)CS)C(=O)NCC(=O)NCC(=O)N(C1CCCCC1)[C@H](C=O)CCCN=C(N)N. The summed E-state index contributed by atoms with van der Waals surface area (Å²) in [7, 11) is 0. The highest BCUT2D eigenvalue weighted by atomic mass is 32.1. The van der Waals surface area contributed by atoms with E-state index < -0.39 is 60.2 Å². The third kappa shape index (κ3) is 16.3. The number of guanidine groups is 2. The molecule has 1 aliphatic carbocycles. The maximum Gasteiger partial charge on any atom is 0.243 e. The van der Waals surface area contributed by atoms with Gasteiger partial charge in [0.05, 0.1) is 25.2 Å². The van der Waals surface area contributed by atoms with Gasteiger partial charge in [-0.15, -0.1) is 0 Å². The number of nitrogens with one attached hydrogen (secondary N) is 4. The highest BCUT2D eigenvalue weighted by Gasteiger charge is 2.31. The molecule has 266 valence electrons. The molecule has 1 rings (SSSR count). The number of carbonyl (C=O) groups excluding carboxylic acids is 6. The predicted molar refractivity (Wildman–Crippen MR) is 181 cm³/mol. The second kappa shape index (κ2) is 22.4. The molecule has 0 bridgehead atoms. The summed E-state index contributed by atoms with van der Waals surface area (Å²) in [5.74, 6) is -3.11. The number of nitrogens with two attached hydrogens (primary N) is 5. The number of nitrogens with zero attached hydrogens (tertiary/aromatic N) is 3. The van der Waals surface area contributed by atoms with Crippen LogP contribution >= 0.6 is 12.6 Å². The van der Waals surface area contributed by atoms with Gasteiger partial charge in [0.1, 0.15) is 18.4 Å². The van der Waals surface area contributed by atoms with Crippen molar-refractivity contribution in [1.82, 2.24) is 26.2 Å². The van der Waals surface area contributed by atoms with Gasteiger partial charge in [0.2, 0.25) is 29.5 Å². The molecule has 5 amide bonds. The molecule has 19 heteroatoms. The van der Waals surface area contributed by atoms with Gasteiger partial charge in [-0.3, -0.25) is 34.0 Å². The molecule has 1 aliphatic rings. The summed E-state index contributed by atoms with van der Waals surface area (Å²) in [4.78, 5) is 85.0. The molecule has 0 heterocycles. The van der Waals surface area contributed by atoms with Gasteiger partial charge >= 0.3 is 0 Å². The van der Waals surface area contributed by atoms with E-state index in [0.29, 0.717) is 25.8 Å². The van der Waals surface area contributed by atoms with Crippen LogP contribution in [0.4, 0.5) is 0 Å². The number of thiol groups is 1. The van der Waals surface area contributed by atoms with E-state index in [2.05, 4.69) is 43.9 Å². The minimum Gasteiger partial charge on any atom is -0.370 e. The first-order valence-electron chi connectivity index (χ1n) is 15.7. The van der Waals surface area contributed by atoms with Crippen molar-refractivity contribution in [3.05, 3.63) is 0 Å². The van der Waals surface area contributed by atoms with Crippen molar-refractivity contribution in [3.63, 3.8) is 0 Å². The number of carbonyl (C=O) groups is 6. The number of hydrogen-bond donors (Lipinski definition) is 10. The van der Waals surface area contributed by atoms with Crippen LogP contribution in [0.15, 0.2) is 9.98 Å². The lowest BCUT2D eigenvalue weighted by molar-refractivity contribution is -0.140. The van der Waals surface area contributed by atoms with Gasteiger partial charge < -0.3 is 59.6 Å². The maximum atomic E-state index is 13.3. The summed E-state index contributed by atoms with van der Waals surface area (Å²) in [6.45, 7) is 1.09. The van der Waals surface area contributed by atoms with Crippen LogP contribution in [0.5, 0.6) is 0 Å². The third-order valence-electron chi connectivity index (χ3n) is 7.45. The fraction of sp³-hybridized carbons (Fsp3) is 0.714. The molecule has 0 aliphatic heterocycles. The zero-order chi connectivity index (χ0) is 35.4. The summed E-state index contributed by atoms with van der Waals surface area (Å²) in [5, 5.41) is 9.94. The second-order valence-electron chi connectivity index (χ2n) is 11.3. The topological polar surface area (TPSA) is 309 Å². The minimum absolute atomic E-state index is 0.0532. The van der Waals surface area contributed by atoms with Gasteiger partial charge in [-0.2, -0.15) is 12.6 Å². The van der Waals surface area contributed by atoms with E-state index in [1.165, 1.54) is 6.92 Å². The van der Waals surface area contributed by atoms with Crippen LogP contribution in [-0.4, -0.2) is 115 Å². The van der Waals surface area contributed by atoms with Crippen LogP contribution in [0.25, 0.3) is 0 Å². The molecule has 0 saturated heterocycles. The summed E-state index contributed by atoms with van der Waals surface area (Å²) in [5.41, 5.74) is 27.1. The van der Waals surface area contributed by atoms with Crippen LogP contribution < -0.4 is 49.9 Å². The van der Waals surface area contributed by atoms with Crippen molar-refractivity contribution < 1.29 is 28.8 Å². The lowest BCUT2D eigenvalue weighted by Gasteiger charge is -2.38. The molecule has 1 fully saturated rings. The van der Waals surface area contributed by atoms with E-state index >= 15 is 0 Å². The second-order valence-corrected chi connectivity index (χ2v) is 11.6. The first-order chi connectivity index (χ1) is 22.3. The lowest BCUT2D eigenvalue weighted by atomic mass is 9.92. The first-order valence-corrected chi connectivity index (χ1v) is 16.3. The molecule has 0 spiro atoms. The summed E-state index contributed by atoms with van der Waals surface area (Å²) in [6, 6.07) is -3.91. The Balaban J connectivity index is 2.72. The molecule has 47 heavy (non-hydrogen) atoms. The average molecular weight is 685 g/mol. The summed E-state index contributed by atoms with van der Waals surface area (Å²) in [6.07, 6.45) is 6.47. The fourth-order valence-corrected chi connectivity index (χ4v) is 5.13. The Labute approximate surface area is 280 Å². The third-order valence-corrected chi connectivity index (χ3v) is 7.84. The Hall–Kier alpha value is -4.13. The van der Waals surface area contributed by atoms with Gasteiger partial charge in [-0.05, 0) is 45.4 Å². The van der Waals surface area contributed by atoms with E-state index in [-0.39, 0.29) is 43.2 Å². The average Bonchev–Trinajstić information content (AvgIpc) is 3.04. The molecular weight excluding hydrogens is 632 g/mol. The van der Waals surface area contributed by atoms with Crippen LogP contribution in [-0.2, 0) is 28.8 Å². The van der Waals surface area contributed by atoms with Crippen LogP contribution in [0.2, 0.25) is 0 Å². The Morgan fingerprint density at radius 2 is 1.45 bits per heavy atom. The number of aliphatic imine (C=N–C) groups is 2. The van der Waals surface area contributed by atoms with E-state index in [1.807, 2.05) is 0 Å². The fourth-order valence-electron chi connectivity index (χ4n) is 4.96. The van der Waals surface area contributed by atoms with E-state index in [0.717, 1.165) is 38.4 Å². The molecule has 0 unspecified atom stereocenters. The van der Waals surface area contributed by atoms with Crippen LogP contribution in [0.1, 0.15) is 64.7 Å². The molecule has 18 nitrogen and oxygen atoms in total. The van der Waals surface area contributed by atoms with Crippen LogP contribution in [0.3, 0.4) is 0 Å². The van der Waals surface area contributed by atoms with Crippen molar-refractivity contribution in [2.75, 3.05) is 31.9 Å². The minimum atomic E-state index is -1.08. The Morgan fingerprint density at radius 3 is 2.00 bits per heavy atom. The number of aldehydes is 1. The predicted octanol–water partition coefficient (Wildman–Crippen LogP) is -3.70. The van der Waals surface area contributed by atoms with Crippen molar-refractivity contribution in [2.45, 2.75) is 94.9 Å². The lowest BCUT2D eigenvalue weighted by Crippen LogP contribution is -2.56. The van der Waals surface area contributed by atoms with Crippen LogP contribution in [0, 0.1) is 0 Å². The Bertz CT molecular complexity index is 1110. The van der Waals surface area contributed by atoms with Crippen molar-refractivity contribution in [1.29, 1.82) is 0 Å². The largest absolute Gasteiger partial charge is 0.370 e. The molecule has 0 aromatic carbocycles. The van der Waals surface area contributed by atoms with E-state index in [4.69, 9.17) is 28.7 Å². The van der Waals surface area contributed by atoms with Gasteiger partial charge in [0.15, 0.2) is 11.9 Å². The Morgan fingerprint density at radius 1 is 0.851 bits per heavy atom. The smallest absolute Gasteiger partial charge is 0.243 e. The molecular formula is C28H52N12O6S. The Kier molecular flexibility index (Phi) is 19.5. The van der Waals surface area contributed by atoms with Crippen molar-refractivity contribution >= 4 is 60.4 Å². The normalized spacial score (nSPS) is 15.5. The first kappa shape index (κ1) is 40.9. The number of rotatable bonds is 21. The highest BCUT2D eigenvalue weighted by Crippen LogP contribution is 2.25. The number of amides is 5. The zero-order valence-corrected chi connectivity index (χ0v) is 27.9. The standard InChI is InChI=1S/C28H52N12O6S/c1-17(38-26(46)21(10-6-12-35-28(32)33)39-25(45)20(29)16-47)24(44)37-13-22(42)36-14-23(43)40(18-7-3-2-4-8-18)19(15-41)9-5-11-34-27(30)31/h15,17-21,47H,2-14,16,29H2,1H3,(H,36,42)(H,37,44)(H,38,46)(H,39,45)(H4,30,31,34)(H4,32,33,35)/t17-,19-,20-,21-/m0/s1. The maximum absolute atomic E-state index is 13.3. The zero-order valence-electron chi connectivity index (χ0n) is 27.0. The van der Waals surface area contributed by atoms with Gasteiger partial charge in [-0.1, -0.05) is 19.3 Å². The van der Waals surface area contributed by atoms with E-state index in [1.54, 1.807) is 4.90 Å². The molecule has 4 atom stereocenters. The van der Waals surface area contributed by atoms with Gasteiger partial charge in [-0.25, -0.2) is 0 Å². The highest BCUT2D eigenvalue weighted by molar-refractivity contribution is 7.80. The molecule has 0 radical (unpaired) electrons. The number of hydrogen-bond acceptors (Lipinski definition) is 10. The monoisotopic (exact) mass is 684 g/mol. The summed E-state index contributed by atoms with van der Waals surface area (Å²) >= 11 is 3.99. The molecule has 0 aromatic rings. The molecule has 14 N–H and O–H groups in total. The van der Waals surface area contributed by atoms with Gasteiger partial charge in [0.25, 0.3) is 0 Å².